The summed E-state index contributed by atoms with van der Waals surface area (Å²) in [6, 6.07) is 13.1. The number of halogens is 1. The summed E-state index contributed by atoms with van der Waals surface area (Å²) in [5, 5.41) is 4.07. The normalized spacial score (nSPS) is 11.4. The molecule has 0 atom stereocenters. The number of pyridine rings is 1. The molecule has 1 aromatic heterocycles. The summed E-state index contributed by atoms with van der Waals surface area (Å²) >= 11 is 6.06. The largest absolute Gasteiger partial charge is 0.357 e. The van der Waals surface area contributed by atoms with Crippen molar-refractivity contribution in [2.24, 2.45) is 4.99 Å². The van der Waals surface area contributed by atoms with E-state index in [0.717, 1.165) is 55.6 Å². The van der Waals surface area contributed by atoms with Crippen molar-refractivity contribution in [1.29, 1.82) is 0 Å². The minimum Gasteiger partial charge on any atom is -0.357 e. The zero-order valence-electron chi connectivity index (χ0n) is 15.5. The second-order valence-corrected chi connectivity index (χ2v) is 6.60. The van der Waals surface area contributed by atoms with Crippen molar-refractivity contribution >= 4 is 17.6 Å². The number of benzene rings is 1. The monoisotopic (exact) mass is 374 g/mol. The van der Waals surface area contributed by atoms with Crippen LogP contribution in [0.2, 0.25) is 5.02 Å². The van der Waals surface area contributed by atoms with Crippen LogP contribution in [0.3, 0.4) is 0 Å². The maximum Gasteiger partial charge on any atom is 0.250 e. The Kier molecular flexibility index (Phi) is 8.22. The molecule has 1 heterocycles. The molecule has 6 heteroatoms. The molecule has 0 aliphatic rings. The van der Waals surface area contributed by atoms with Gasteiger partial charge in [0.05, 0.1) is 0 Å². The fraction of sp³-hybridized carbons (Fsp3) is 0.400. The molecule has 0 spiro atoms. The van der Waals surface area contributed by atoms with Crippen LogP contribution in [-0.4, -0.2) is 35.6 Å². The standard InChI is InChI=1S/C20H27ClN4O/c1-3-22-20(24(2)16-17-9-8-10-18(21)15-17)23-12-5-7-14-25-13-6-4-11-19(25)26/h4,6,8-11,13,15H,3,5,7,12,14,16H2,1-2H3,(H,22,23). The average molecular weight is 375 g/mol. The SMILES string of the molecule is CCNC(=NCCCCn1ccccc1=O)N(C)Cc1cccc(Cl)c1. The fourth-order valence-electron chi connectivity index (χ4n) is 2.68. The first kappa shape index (κ1) is 20.0. The van der Waals surface area contributed by atoms with Crippen LogP contribution in [0.4, 0.5) is 0 Å². The van der Waals surface area contributed by atoms with Gasteiger partial charge in [-0.25, -0.2) is 0 Å². The van der Waals surface area contributed by atoms with Crippen LogP contribution in [0.15, 0.2) is 58.4 Å². The Bertz CT molecular complexity index is 772. The molecule has 0 saturated heterocycles. The number of nitrogens with zero attached hydrogens (tertiary/aromatic N) is 3. The molecule has 1 aromatic carbocycles. The predicted molar refractivity (Wildman–Crippen MR) is 109 cm³/mol. The summed E-state index contributed by atoms with van der Waals surface area (Å²) in [7, 11) is 2.02. The van der Waals surface area contributed by atoms with Gasteiger partial charge in [-0.15, -0.1) is 0 Å². The number of aliphatic imine (C=N–C) groups is 1. The highest BCUT2D eigenvalue weighted by atomic mass is 35.5. The first-order chi connectivity index (χ1) is 12.6. The maximum absolute atomic E-state index is 11.7. The molecular weight excluding hydrogens is 348 g/mol. The van der Waals surface area contributed by atoms with Crippen molar-refractivity contribution < 1.29 is 0 Å². The molecule has 2 rings (SSSR count). The highest BCUT2D eigenvalue weighted by Gasteiger charge is 2.06. The van der Waals surface area contributed by atoms with E-state index in [2.05, 4.69) is 23.2 Å². The number of rotatable bonds is 8. The van der Waals surface area contributed by atoms with Crippen LogP contribution in [0.25, 0.3) is 0 Å². The Hall–Kier alpha value is -2.27. The van der Waals surface area contributed by atoms with Crippen LogP contribution >= 0.6 is 11.6 Å². The number of guanidine groups is 1. The third-order valence-corrected chi connectivity index (χ3v) is 4.21. The summed E-state index contributed by atoms with van der Waals surface area (Å²) in [4.78, 5) is 18.5. The summed E-state index contributed by atoms with van der Waals surface area (Å²) < 4.78 is 1.74. The fourth-order valence-corrected chi connectivity index (χ4v) is 2.89. The highest BCUT2D eigenvalue weighted by molar-refractivity contribution is 6.30. The van der Waals surface area contributed by atoms with Crippen LogP contribution in [0.5, 0.6) is 0 Å². The molecule has 5 nitrogen and oxygen atoms in total. The molecule has 0 aliphatic heterocycles. The van der Waals surface area contributed by atoms with E-state index >= 15 is 0 Å². The molecule has 0 fully saturated rings. The van der Waals surface area contributed by atoms with E-state index in [4.69, 9.17) is 16.6 Å². The highest BCUT2D eigenvalue weighted by Crippen LogP contribution is 2.12. The Morgan fingerprint density at radius 1 is 1.23 bits per heavy atom. The molecule has 0 saturated carbocycles. The third-order valence-electron chi connectivity index (χ3n) is 3.97. The van der Waals surface area contributed by atoms with Gasteiger partial charge in [0.1, 0.15) is 0 Å². The number of nitrogens with one attached hydrogen (secondary N) is 1. The molecule has 140 valence electrons. The number of aryl methyl sites for hydroxylation is 1. The van der Waals surface area contributed by atoms with Crippen molar-refractivity contribution in [3.63, 3.8) is 0 Å². The van der Waals surface area contributed by atoms with Crippen LogP contribution < -0.4 is 10.9 Å². The molecular formula is C20H27ClN4O. The van der Waals surface area contributed by atoms with E-state index < -0.39 is 0 Å². The van der Waals surface area contributed by atoms with E-state index in [9.17, 15) is 4.79 Å². The van der Waals surface area contributed by atoms with E-state index in [0.29, 0.717) is 0 Å². The van der Waals surface area contributed by atoms with Crippen molar-refractivity contribution in [3.8, 4) is 0 Å². The van der Waals surface area contributed by atoms with E-state index in [-0.39, 0.29) is 5.56 Å². The van der Waals surface area contributed by atoms with Crippen molar-refractivity contribution in [2.75, 3.05) is 20.1 Å². The zero-order chi connectivity index (χ0) is 18.8. The Labute approximate surface area is 160 Å². The van der Waals surface area contributed by atoms with Crippen LogP contribution in [0, 0.1) is 0 Å². The Morgan fingerprint density at radius 2 is 2.08 bits per heavy atom. The van der Waals surface area contributed by atoms with Gasteiger partial charge in [0, 0.05) is 50.5 Å². The van der Waals surface area contributed by atoms with Crippen molar-refractivity contribution in [3.05, 3.63) is 69.6 Å². The van der Waals surface area contributed by atoms with Gasteiger partial charge in [-0.05, 0) is 43.5 Å². The van der Waals surface area contributed by atoms with Crippen molar-refractivity contribution in [2.45, 2.75) is 32.9 Å². The van der Waals surface area contributed by atoms with E-state index in [1.165, 1.54) is 0 Å². The second kappa shape index (κ2) is 10.7. The third kappa shape index (κ3) is 6.56. The van der Waals surface area contributed by atoms with Gasteiger partial charge in [0.2, 0.25) is 5.56 Å². The van der Waals surface area contributed by atoms with Gasteiger partial charge < -0.3 is 14.8 Å². The smallest absolute Gasteiger partial charge is 0.250 e. The summed E-state index contributed by atoms with van der Waals surface area (Å²) in [6.07, 6.45) is 3.68. The maximum atomic E-state index is 11.7. The van der Waals surface area contributed by atoms with Gasteiger partial charge in [-0.3, -0.25) is 9.79 Å². The lowest BCUT2D eigenvalue weighted by Crippen LogP contribution is -2.38. The molecule has 0 aliphatic carbocycles. The topological polar surface area (TPSA) is 49.6 Å². The van der Waals surface area contributed by atoms with E-state index in [1.807, 2.05) is 37.5 Å². The molecule has 0 unspecified atom stereocenters. The van der Waals surface area contributed by atoms with Gasteiger partial charge in [0.15, 0.2) is 5.96 Å². The predicted octanol–water partition coefficient (Wildman–Crippen LogP) is 3.38. The number of unbranched alkanes of at least 4 members (excludes halogenated alkanes) is 1. The summed E-state index contributed by atoms with van der Waals surface area (Å²) in [5.74, 6) is 0.879. The lowest BCUT2D eigenvalue weighted by atomic mass is 10.2. The van der Waals surface area contributed by atoms with Gasteiger partial charge in [-0.2, -0.15) is 0 Å². The average Bonchev–Trinajstić information content (AvgIpc) is 2.62. The lowest BCUT2D eigenvalue weighted by Gasteiger charge is -2.22. The summed E-state index contributed by atoms with van der Waals surface area (Å²) in [6.45, 7) is 5.07. The van der Waals surface area contributed by atoms with Gasteiger partial charge in [-0.1, -0.05) is 29.8 Å². The first-order valence-electron chi connectivity index (χ1n) is 8.99. The second-order valence-electron chi connectivity index (χ2n) is 6.16. The Balaban J connectivity index is 1.85. The summed E-state index contributed by atoms with van der Waals surface area (Å²) in [5.41, 5.74) is 1.19. The number of aromatic nitrogens is 1. The minimum absolute atomic E-state index is 0.0468. The minimum atomic E-state index is 0.0468. The number of hydrogen-bond acceptors (Lipinski definition) is 2. The van der Waals surface area contributed by atoms with Crippen LogP contribution in [-0.2, 0) is 13.1 Å². The molecule has 1 N–H and O–H groups in total. The molecule has 0 bridgehead atoms. The van der Waals surface area contributed by atoms with Gasteiger partial charge >= 0.3 is 0 Å². The zero-order valence-corrected chi connectivity index (χ0v) is 16.2. The van der Waals surface area contributed by atoms with E-state index in [1.54, 1.807) is 16.7 Å². The molecule has 2 aromatic rings. The van der Waals surface area contributed by atoms with Gasteiger partial charge in [0.25, 0.3) is 0 Å². The van der Waals surface area contributed by atoms with Crippen molar-refractivity contribution in [1.82, 2.24) is 14.8 Å². The van der Waals surface area contributed by atoms with Crippen LogP contribution in [0.1, 0.15) is 25.3 Å². The lowest BCUT2D eigenvalue weighted by molar-refractivity contribution is 0.475. The molecule has 26 heavy (non-hydrogen) atoms. The Morgan fingerprint density at radius 3 is 2.81 bits per heavy atom. The first-order valence-corrected chi connectivity index (χ1v) is 9.37. The molecule has 0 radical (unpaired) electrons. The quantitative estimate of drug-likeness (QED) is 0.438. The number of hydrogen-bond donors (Lipinski definition) is 1. The molecule has 0 amide bonds.